The summed E-state index contributed by atoms with van der Waals surface area (Å²) in [4.78, 5) is 10.3. The number of hydrogen-bond acceptors (Lipinski definition) is 5. The summed E-state index contributed by atoms with van der Waals surface area (Å²) in [5.41, 5.74) is 0. The molecule has 0 bridgehead atoms. The molecule has 0 aliphatic rings. The maximum absolute atomic E-state index is 11.7. The number of furan rings is 1. The zero-order valence-electron chi connectivity index (χ0n) is 8.51. The molecular formula is C8H10BrNO6S. The van der Waals surface area contributed by atoms with Crippen LogP contribution in [0.5, 0.6) is 0 Å². The molecule has 0 radical (unpaired) electrons. The summed E-state index contributed by atoms with van der Waals surface area (Å²) >= 11 is 2.83. The van der Waals surface area contributed by atoms with Gasteiger partial charge >= 0.3 is 5.97 Å². The number of aromatic carboxylic acids is 1. The number of carboxylic acid groups (broad SMARTS) is 1. The van der Waals surface area contributed by atoms with Crippen molar-refractivity contribution in [2.24, 2.45) is 0 Å². The lowest BCUT2D eigenvalue weighted by Crippen LogP contribution is -2.25. The second-order valence-corrected chi connectivity index (χ2v) is 5.48. The topological polar surface area (TPSA) is 117 Å². The Morgan fingerprint density at radius 1 is 1.53 bits per heavy atom. The Labute approximate surface area is 106 Å². The highest BCUT2D eigenvalue weighted by Crippen LogP contribution is 2.25. The van der Waals surface area contributed by atoms with Gasteiger partial charge in [-0.25, -0.2) is 17.9 Å². The molecule has 1 heterocycles. The molecule has 1 aromatic rings. The minimum absolute atomic E-state index is 0.0544. The summed E-state index contributed by atoms with van der Waals surface area (Å²) in [7, 11) is -3.84. The molecule has 0 aliphatic carbocycles. The van der Waals surface area contributed by atoms with Crippen LogP contribution in [0.3, 0.4) is 0 Å². The number of nitrogens with one attached hydrogen (secondary N) is 1. The van der Waals surface area contributed by atoms with Crippen LogP contribution in [0.1, 0.15) is 17.0 Å². The average molecular weight is 328 g/mol. The van der Waals surface area contributed by atoms with Crippen LogP contribution in [0.2, 0.25) is 0 Å². The van der Waals surface area contributed by atoms with Crippen molar-refractivity contribution in [3.8, 4) is 0 Å². The van der Waals surface area contributed by atoms with E-state index >= 15 is 0 Å². The third kappa shape index (κ3) is 3.53. The molecule has 3 N–H and O–H groups in total. The summed E-state index contributed by atoms with van der Waals surface area (Å²) in [5.74, 6) is -1.83. The zero-order valence-corrected chi connectivity index (χ0v) is 10.9. The highest BCUT2D eigenvalue weighted by molar-refractivity contribution is 9.10. The van der Waals surface area contributed by atoms with Crippen molar-refractivity contribution in [2.75, 3.05) is 13.2 Å². The van der Waals surface area contributed by atoms with Crippen molar-refractivity contribution in [1.82, 2.24) is 4.72 Å². The van der Waals surface area contributed by atoms with Crippen LogP contribution in [0.4, 0.5) is 0 Å². The van der Waals surface area contributed by atoms with Gasteiger partial charge in [0, 0.05) is 19.2 Å². The lowest BCUT2D eigenvalue weighted by Gasteiger charge is -2.03. The van der Waals surface area contributed by atoms with E-state index < -0.39 is 21.8 Å². The average Bonchev–Trinajstić information content (AvgIpc) is 2.61. The summed E-state index contributed by atoms with van der Waals surface area (Å²) in [6, 6.07) is 0.910. The number of carboxylic acids is 1. The first-order chi connectivity index (χ1) is 7.88. The SMILES string of the molecule is O=C(O)c1cc(S(=O)(=O)NCCCO)c(Br)o1. The zero-order chi connectivity index (χ0) is 13.1. The molecule has 0 spiro atoms. The van der Waals surface area contributed by atoms with E-state index in [9.17, 15) is 13.2 Å². The number of rotatable bonds is 6. The first-order valence-electron chi connectivity index (χ1n) is 4.51. The normalized spacial score (nSPS) is 11.6. The summed E-state index contributed by atoms with van der Waals surface area (Å²) in [6.07, 6.45) is 0.264. The first-order valence-corrected chi connectivity index (χ1v) is 6.79. The van der Waals surface area contributed by atoms with Gasteiger partial charge in [0.25, 0.3) is 0 Å². The second-order valence-electron chi connectivity index (χ2n) is 3.03. The number of sulfonamides is 1. The molecule has 9 heteroatoms. The Hall–Kier alpha value is -0.900. The molecule has 0 fully saturated rings. The van der Waals surface area contributed by atoms with E-state index in [-0.39, 0.29) is 29.1 Å². The summed E-state index contributed by atoms with van der Waals surface area (Å²) < 4.78 is 30.1. The van der Waals surface area contributed by atoms with Crippen LogP contribution in [0, 0.1) is 0 Å². The van der Waals surface area contributed by atoms with Crippen molar-refractivity contribution in [3.05, 3.63) is 16.5 Å². The number of hydrogen-bond donors (Lipinski definition) is 3. The number of halogens is 1. The minimum atomic E-state index is -3.84. The van der Waals surface area contributed by atoms with Gasteiger partial charge in [-0.2, -0.15) is 0 Å². The van der Waals surface area contributed by atoms with Crippen LogP contribution < -0.4 is 4.72 Å². The molecule has 7 nitrogen and oxygen atoms in total. The minimum Gasteiger partial charge on any atom is -0.475 e. The molecule has 0 saturated carbocycles. The van der Waals surface area contributed by atoms with Gasteiger partial charge in [0.1, 0.15) is 4.90 Å². The molecule has 0 aromatic carbocycles. The van der Waals surface area contributed by atoms with Crippen LogP contribution >= 0.6 is 15.9 Å². The van der Waals surface area contributed by atoms with E-state index in [1.807, 2.05) is 0 Å². The monoisotopic (exact) mass is 327 g/mol. The maximum Gasteiger partial charge on any atom is 0.371 e. The fourth-order valence-electron chi connectivity index (χ4n) is 1.00. The second kappa shape index (κ2) is 5.63. The predicted molar refractivity (Wildman–Crippen MR) is 60.3 cm³/mol. The Kier molecular flexibility index (Phi) is 4.69. The smallest absolute Gasteiger partial charge is 0.371 e. The molecular weight excluding hydrogens is 318 g/mol. The van der Waals surface area contributed by atoms with Crippen LogP contribution in [0.25, 0.3) is 0 Å². The van der Waals surface area contributed by atoms with E-state index in [1.54, 1.807) is 0 Å². The van der Waals surface area contributed by atoms with Gasteiger partial charge in [-0.3, -0.25) is 0 Å². The molecule has 0 aliphatic heterocycles. The predicted octanol–water partition coefficient (Wildman–Crippen LogP) is 0.401. The van der Waals surface area contributed by atoms with Crippen LogP contribution in [-0.2, 0) is 10.0 Å². The van der Waals surface area contributed by atoms with Gasteiger partial charge in [-0.05, 0) is 22.4 Å². The van der Waals surface area contributed by atoms with Gasteiger partial charge in [-0.15, -0.1) is 0 Å². The highest BCUT2D eigenvalue weighted by Gasteiger charge is 2.24. The molecule has 1 rings (SSSR count). The summed E-state index contributed by atoms with van der Waals surface area (Å²) in [5, 5.41) is 17.2. The van der Waals surface area contributed by atoms with E-state index in [4.69, 9.17) is 14.6 Å². The van der Waals surface area contributed by atoms with Crippen LogP contribution in [-0.4, -0.2) is 37.8 Å². The number of aliphatic hydroxyl groups is 1. The van der Waals surface area contributed by atoms with E-state index in [0.29, 0.717) is 0 Å². The van der Waals surface area contributed by atoms with Gasteiger partial charge in [0.2, 0.25) is 15.8 Å². The standard InChI is InChI=1S/C8H10BrNO6S/c9-7-6(4-5(16-7)8(12)13)17(14,15)10-2-1-3-11/h4,10-11H,1-3H2,(H,12,13). The first kappa shape index (κ1) is 14.2. The van der Waals surface area contributed by atoms with Gasteiger partial charge < -0.3 is 14.6 Å². The van der Waals surface area contributed by atoms with Gasteiger partial charge in [0.05, 0.1) is 0 Å². The van der Waals surface area contributed by atoms with Gasteiger partial charge in [0.15, 0.2) is 4.67 Å². The third-order valence-corrected chi connectivity index (χ3v) is 4.10. The molecule has 0 atom stereocenters. The Morgan fingerprint density at radius 2 is 2.18 bits per heavy atom. The lowest BCUT2D eigenvalue weighted by atomic mass is 10.5. The fraction of sp³-hybridized carbons (Fsp3) is 0.375. The van der Waals surface area contributed by atoms with Gasteiger partial charge in [-0.1, -0.05) is 0 Å². The number of carbonyl (C=O) groups is 1. The molecule has 1 aromatic heterocycles. The van der Waals surface area contributed by atoms with Crippen molar-refractivity contribution in [1.29, 1.82) is 0 Å². The highest BCUT2D eigenvalue weighted by atomic mass is 79.9. The molecule has 0 unspecified atom stereocenters. The molecule has 0 saturated heterocycles. The quantitative estimate of drug-likeness (QED) is 0.651. The lowest BCUT2D eigenvalue weighted by molar-refractivity contribution is 0.0661. The van der Waals surface area contributed by atoms with Crippen molar-refractivity contribution in [3.63, 3.8) is 0 Å². The summed E-state index contributed by atoms with van der Waals surface area (Å²) in [6.45, 7) is -0.0890. The van der Waals surface area contributed by atoms with E-state index in [1.165, 1.54) is 0 Å². The molecule has 0 amide bonds. The number of aliphatic hydroxyl groups excluding tert-OH is 1. The van der Waals surface area contributed by atoms with E-state index in [2.05, 4.69) is 20.7 Å². The third-order valence-electron chi connectivity index (χ3n) is 1.78. The Bertz CT molecular complexity index is 508. The van der Waals surface area contributed by atoms with Crippen molar-refractivity contribution < 1.29 is 27.8 Å². The van der Waals surface area contributed by atoms with E-state index in [0.717, 1.165) is 6.07 Å². The Balaban J connectivity index is 2.95. The largest absolute Gasteiger partial charge is 0.475 e. The molecule has 96 valence electrons. The van der Waals surface area contributed by atoms with Crippen molar-refractivity contribution in [2.45, 2.75) is 11.3 Å². The maximum atomic E-state index is 11.7. The van der Waals surface area contributed by atoms with Crippen molar-refractivity contribution >= 4 is 31.9 Å². The molecule has 17 heavy (non-hydrogen) atoms. The fourth-order valence-corrected chi connectivity index (χ4v) is 3.02. The van der Waals surface area contributed by atoms with Crippen LogP contribution in [0.15, 0.2) is 20.0 Å². The Morgan fingerprint density at radius 3 is 2.65 bits per heavy atom.